The molecule has 0 saturated carbocycles. The summed E-state index contributed by atoms with van der Waals surface area (Å²) in [4.78, 5) is 38.5. The molecular weight excluding hydrogens is 372 g/mol. The van der Waals surface area contributed by atoms with E-state index in [1.165, 1.54) is 4.88 Å². The van der Waals surface area contributed by atoms with Crippen LogP contribution in [0.15, 0.2) is 22.3 Å². The minimum Gasteiger partial charge on any atom is -0.338 e. The summed E-state index contributed by atoms with van der Waals surface area (Å²) < 4.78 is 0. The van der Waals surface area contributed by atoms with Crippen LogP contribution in [-0.4, -0.2) is 45.3 Å². The predicted molar refractivity (Wildman–Crippen MR) is 110 cm³/mol. The quantitative estimate of drug-likeness (QED) is 0.838. The highest BCUT2D eigenvalue weighted by Crippen LogP contribution is 2.27. The van der Waals surface area contributed by atoms with Gasteiger partial charge in [-0.05, 0) is 37.3 Å². The van der Waals surface area contributed by atoms with E-state index in [1.54, 1.807) is 16.2 Å². The number of carbonyl (C=O) groups excluding carboxylic acids is 1. The van der Waals surface area contributed by atoms with Crippen LogP contribution in [0.1, 0.15) is 60.5 Å². The van der Waals surface area contributed by atoms with E-state index in [-0.39, 0.29) is 17.4 Å². The first-order chi connectivity index (χ1) is 13.6. The van der Waals surface area contributed by atoms with Crippen LogP contribution in [0.25, 0.3) is 0 Å². The zero-order chi connectivity index (χ0) is 19.5. The summed E-state index contributed by atoms with van der Waals surface area (Å²) in [6, 6.07) is 4.28. The van der Waals surface area contributed by atoms with Gasteiger partial charge in [0.05, 0.1) is 17.8 Å². The molecule has 0 radical (unpaired) electrons. The Bertz CT molecular complexity index is 877. The number of thiophene rings is 1. The van der Waals surface area contributed by atoms with Gasteiger partial charge in [0.2, 0.25) is 5.91 Å². The molecule has 0 unspecified atom stereocenters. The summed E-state index contributed by atoms with van der Waals surface area (Å²) in [6.07, 6.45) is 4.23. The summed E-state index contributed by atoms with van der Waals surface area (Å²) >= 11 is 1.79. The van der Waals surface area contributed by atoms with E-state index >= 15 is 0 Å². The maximum absolute atomic E-state index is 12.7. The average Bonchev–Trinajstić information content (AvgIpc) is 3.21. The molecule has 7 heteroatoms. The van der Waals surface area contributed by atoms with Crippen molar-refractivity contribution in [1.82, 2.24) is 19.8 Å². The molecule has 4 rings (SSSR count). The summed E-state index contributed by atoms with van der Waals surface area (Å²) in [7, 11) is 0. The first-order valence-electron chi connectivity index (χ1n) is 10.3. The monoisotopic (exact) mass is 400 g/mol. The van der Waals surface area contributed by atoms with Gasteiger partial charge < -0.3 is 9.88 Å². The number of nitrogens with zero attached hydrogens (tertiary/aromatic N) is 3. The molecule has 1 N–H and O–H groups in total. The van der Waals surface area contributed by atoms with Gasteiger partial charge in [0, 0.05) is 43.3 Å². The van der Waals surface area contributed by atoms with Crippen LogP contribution >= 0.6 is 11.3 Å². The lowest BCUT2D eigenvalue weighted by molar-refractivity contribution is -0.132. The largest absolute Gasteiger partial charge is 0.338 e. The highest BCUT2D eigenvalue weighted by atomic mass is 32.1. The standard InChI is InChI=1S/C21H28N4O2S/c1-2-5-19(26)25-10-8-18-17(14-25)21(27)23-20(22-18)15-6-3-9-24(12-15)13-16-7-4-11-28-16/h4,7,11,15H,2-3,5-6,8-10,12-14H2,1H3,(H,22,23,27)/t15-/m1/s1. The molecule has 1 fully saturated rings. The number of amides is 1. The van der Waals surface area contributed by atoms with Crippen molar-refractivity contribution in [1.29, 1.82) is 0 Å². The Labute approximate surface area is 169 Å². The first kappa shape index (κ1) is 19.3. The molecule has 0 aromatic carbocycles. The minimum atomic E-state index is -0.0654. The van der Waals surface area contributed by atoms with Crippen molar-refractivity contribution in [3.63, 3.8) is 0 Å². The van der Waals surface area contributed by atoms with Gasteiger partial charge in [0.25, 0.3) is 5.56 Å². The van der Waals surface area contributed by atoms with Crippen LogP contribution in [0.4, 0.5) is 0 Å². The van der Waals surface area contributed by atoms with E-state index in [1.807, 2.05) is 6.92 Å². The number of nitrogens with one attached hydrogen (secondary N) is 1. The Hall–Kier alpha value is -1.99. The number of hydrogen-bond acceptors (Lipinski definition) is 5. The molecule has 0 spiro atoms. The molecule has 28 heavy (non-hydrogen) atoms. The molecule has 1 saturated heterocycles. The number of aromatic amines is 1. The fourth-order valence-electron chi connectivity index (χ4n) is 4.27. The fourth-order valence-corrected chi connectivity index (χ4v) is 5.01. The van der Waals surface area contributed by atoms with Crippen molar-refractivity contribution in [2.75, 3.05) is 19.6 Å². The molecule has 2 aliphatic heterocycles. The van der Waals surface area contributed by atoms with E-state index in [9.17, 15) is 9.59 Å². The van der Waals surface area contributed by atoms with Gasteiger partial charge in [-0.2, -0.15) is 0 Å². The molecule has 2 aromatic heterocycles. The SMILES string of the molecule is CCCC(=O)N1CCc2nc([C@@H]3CCCN(Cc4cccs4)C3)[nH]c(=O)c2C1. The third-order valence-electron chi connectivity index (χ3n) is 5.76. The van der Waals surface area contributed by atoms with Crippen LogP contribution in [0.5, 0.6) is 0 Å². The number of piperidine rings is 1. The van der Waals surface area contributed by atoms with Gasteiger partial charge >= 0.3 is 0 Å². The number of fused-ring (bicyclic) bond motifs is 1. The Balaban J connectivity index is 1.48. The van der Waals surface area contributed by atoms with Gasteiger partial charge in [0.15, 0.2) is 0 Å². The second-order valence-corrected chi connectivity index (χ2v) is 8.88. The molecule has 150 valence electrons. The number of likely N-dealkylation sites (tertiary alicyclic amines) is 1. The minimum absolute atomic E-state index is 0.0654. The Morgan fingerprint density at radius 3 is 3.07 bits per heavy atom. The smallest absolute Gasteiger partial charge is 0.256 e. The molecule has 6 nitrogen and oxygen atoms in total. The lowest BCUT2D eigenvalue weighted by atomic mass is 9.96. The maximum Gasteiger partial charge on any atom is 0.256 e. The highest BCUT2D eigenvalue weighted by molar-refractivity contribution is 7.09. The molecule has 2 aliphatic rings. The van der Waals surface area contributed by atoms with Crippen LogP contribution < -0.4 is 5.56 Å². The van der Waals surface area contributed by atoms with Crippen molar-refractivity contribution in [2.45, 2.75) is 58.0 Å². The zero-order valence-electron chi connectivity index (χ0n) is 16.4. The normalized spacial score (nSPS) is 20.2. The van der Waals surface area contributed by atoms with Crippen molar-refractivity contribution >= 4 is 17.2 Å². The van der Waals surface area contributed by atoms with Crippen LogP contribution in [-0.2, 0) is 24.3 Å². The Kier molecular flexibility index (Phi) is 5.92. The number of hydrogen-bond donors (Lipinski definition) is 1. The number of carbonyl (C=O) groups is 1. The van der Waals surface area contributed by atoms with Crippen molar-refractivity contribution in [3.8, 4) is 0 Å². The van der Waals surface area contributed by atoms with Crippen molar-refractivity contribution in [2.24, 2.45) is 0 Å². The van der Waals surface area contributed by atoms with Crippen LogP contribution in [0.3, 0.4) is 0 Å². The maximum atomic E-state index is 12.7. The predicted octanol–water partition coefficient (Wildman–Crippen LogP) is 2.90. The third kappa shape index (κ3) is 4.20. The summed E-state index contributed by atoms with van der Waals surface area (Å²) in [5.74, 6) is 1.23. The van der Waals surface area contributed by atoms with E-state index in [4.69, 9.17) is 4.98 Å². The van der Waals surface area contributed by atoms with Crippen molar-refractivity contribution < 1.29 is 4.79 Å². The lowest BCUT2D eigenvalue weighted by Gasteiger charge is -2.33. The van der Waals surface area contributed by atoms with Gasteiger partial charge in [-0.3, -0.25) is 14.5 Å². The van der Waals surface area contributed by atoms with E-state index in [0.29, 0.717) is 31.5 Å². The molecule has 1 amide bonds. The lowest BCUT2D eigenvalue weighted by Crippen LogP contribution is -2.40. The van der Waals surface area contributed by atoms with Gasteiger partial charge in [0.1, 0.15) is 5.82 Å². The second kappa shape index (κ2) is 8.57. The van der Waals surface area contributed by atoms with E-state index < -0.39 is 0 Å². The molecule has 1 atom stereocenters. The number of rotatable bonds is 5. The summed E-state index contributed by atoms with van der Waals surface area (Å²) in [6.45, 7) is 6.06. The van der Waals surface area contributed by atoms with Gasteiger partial charge in [-0.25, -0.2) is 4.98 Å². The van der Waals surface area contributed by atoms with Gasteiger partial charge in [-0.15, -0.1) is 11.3 Å². The highest BCUT2D eigenvalue weighted by Gasteiger charge is 2.28. The molecule has 0 aliphatic carbocycles. The van der Waals surface area contributed by atoms with Crippen LogP contribution in [0, 0.1) is 0 Å². The van der Waals surface area contributed by atoms with E-state index in [0.717, 1.165) is 50.4 Å². The summed E-state index contributed by atoms with van der Waals surface area (Å²) in [5, 5.41) is 2.12. The fraction of sp³-hybridized carbons (Fsp3) is 0.571. The molecular formula is C21H28N4O2S. The Morgan fingerprint density at radius 2 is 2.29 bits per heavy atom. The van der Waals surface area contributed by atoms with Gasteiger partial charge in [-0.1, -0.05) is 13.0 Å². The Morgan fingerprint density at radius 1 is 1.39 bits per heavy atom. The van der Waals surface area contributed by atoms with E-state index in [2.05, 4.69) is 27.4 Å². The first-order valence-corrected chi connectivity index (χ1v) is 11.2. The second-order valence-electron chi connectivity index (χ2n) is 7.85. The third-order valence-corrected chi connectivity index (χ3v) is 6.62. The van der Waals surface area contributed by atoms with Crippen molar-refractivity contribution in [3.05, 3.63) is 49.8 Å². The summed E-state index contributed by atoms with van der Waals surface area (Å²) in [5.41, 5.74) is 1.49. The topological polar surface area (TPSA) is 69.3 Å². The number of aromatic nitrogens is 2. The van der Waals surface area contributed by atoms with Crippen LogP contribution in [0.2, 0.25) is 0 Å². The zero-order valence-corrected chi connectivity index (χ0v) is 17.3. The molecule has 4 heterocycles. The average molecular weight is 401 g/mol. The molecule has 2 aromatic rings. The number of H-pyrrole nitrogens is 1. The molecule has 0 bridgehead atoms.